The van der Waals surface area contributed by atoms with Gasteiger partial charge in [0.15, 0.2) is 0 Å². The Hall–Kier alpha value is -1.38. The van der Waals surface area contributed by atoms with Gasteiger partial charge in [-0.15, -0.1) is 0 Å². The maximum absolute atomic E-state index is 10.9. The summed E-state index contributed by atoms with van der Waals surface area (Å²) in [4.78, 5) is 9.73. The number of benzene rings is 1. The molecule has 0 spiro atoms. The van der Waals surface area contributed by atoms with Crippen molar-refractivity contribution in [1.82, 2.24) is 0 Å². The molecule has 11 heavy (non-hydrogen) atoms. The molecular formula is C8H9NO2. The molecule has 1 rings (SSSR count). The van der Waals surface area contributed by atoms with Crippen LogP contribution in [0.2, 0.25) is 0 Å². The van der Waals surface area contributed by atoms with Gasteiger partial charge in [-0.2, -0.15) is 0 Å². The average Bonchev–Trinajstić information content (AvgIpc) is 2.18. The molecule has 58 valence electrons. The Bertz CT molecular complexity index is 575. The van der Waals surface area contributed by atoms with Crippen LogP contribution in [0.25, 0.3) is 0 Å². The van der Waals surface area contributed by atoms with E-state index >= 15 is 0 Å². The molecule has 1 aromatic carbocycles. The first-order valence-electron chi connectivity index (χ1n) is 7.09. The lowest BCUT2D eigenvalue weighted by Crippen LogP contribution is -1.91. The van der Waals surface area contributed by atoms with E-state index in [0.717, 1.165) is 0 Å². The van der Waals surface area contributed by atoms with Gasteiger partial charge in [0.2, 0.25) is 0 Å². The number of hydrogen-bond acceptors (Lipinski definition) is 2. The fourth-order valence-electron chi connectivity index (χ4n) is 0.533. The highest BCUT2D eigenvalue weighted by Gasteiger charge is 2.08. The highest BCUT2D eigenvalue weighted by atomic mass is 16.6. The van der Waals surface area contributed by atoms with Gasteiger partial charge < -0.3 is 0 Å². The van der Waals surface area contributed by atoms with E-state index in [2.05, 4.69) is 0 Å². The maximum Gasteiger partial charge on any atom is 0.272 e. The van der Waals surface area contributed by atoms with Gasteiger partial charge in [-0.3, -0.25) is 10.1 Å². The van der Waals surface area contributed by atoms with Gasteiger partial charge >= 0.3 is 0 Å². The molecule has 0 fully saturated rings. The molecule has 3 heteroatoms. The van der Waals surface area contributed by atoms with Crippen molar-refractivity contribution >= 4 is 5.69 Å². The summed E-state index contributed by atoms with van der Waals surface area (Å²) >= 11 is 0. The SMILES string of the molecule is [2H]c1c([2H])c(C([2H])([2H])[2H])c([N+](=O)[O-])c([2H])c1C([2H])([2H])[2H]. The van der Waals surface area contributed by atoms with Crippen molar-refractivity contribution in [3.63, 3.8) is 0 Å². The van der Waals surface area contributed by atoms with Crippen LogP contribution in [-0.4, -0.2) is 4.92 Å². The lowest BCUT2D eigenvalue weighted by Gasteiger charge is -1.96. The normalized spacial score (nSPS) is 23.8. The molecular weight excluding hydrogens is 142 g/mol. The van der Waals surface area contributed by atoms with Crippen molar-refractivity contribution in [3.8, 4) is 0 Å². The van der Waals surface area contributed by atoms with Crippen molar-refractivity contribution in [2.45, 2.75) is 13.7 Å². The van der Waals surface area contributed by atoms with Crippen molar-refractivity contribution < 1.29 is 17.3 Å². The zero-order chi connectivity index (χ0) is 16.0. The number of nitro groups is 1. The Balaban J connectivity index is 3.99. The van der Waals surface area contributed by atoms with Gasteiger partial charge in [-0.1, -0.05) is 12.1 Å². The van der Waals surface area contributed by atoms with Crippen molar-refractivity contribution in [2.24, 2.45) is 0 Å². The van der Waals surface area contributed by atoms with Crippen LogP contribution in [0.15, 0.2) is 18.1 Å². The van der Waals surface area contributed by atoms with Crippen LogP contribution in [0.5, 0.6) is 0 Å². The molecule has 0 saturated carbocycles. The smallest absolute Gasteiger partial charge is 0.258 e. The summed E-state index contributed by atoms with van der Waals surface area (Å²) in [5.41, 5.74) is -3.36. The van der Waals surface area contributed by atoms with Gasteiger partial charge in [0.05, 0.1) is 9.04 Å². The Morgan fingerprint density at radius 3 is 3.00 bits per heavy atom. The summed E-state index contributed by atoms with van der Waals surface area (Å²) in [6.45, 7) is -6.12. The number of hydrogen-bond donors (Lipinski definition) is 0. The van der Waals surface area contributed by atoms with Crippen LogP contribution in [0.3, 0.4) is 0 Å². The average molecular weight is 160 g/mol. The molecule has 0 saturated heterocycles. The fraction of sp³-hybridized carbons (Fsp3) is 0.250. The topological polar surface area (TPSA) is 43.1 Å². The lowest BCUT2D eigenvalue weighted by molar-refractivity contribution is -0.385. The molecule has 0 unspecified atom stereocenters. The number of nitro benzene ring substituents is 1. The Morgan fingerprint density at radius 2 is 2.45 bits per heavy atom. The first kappa shape index (κ1) is 2.06. The fourth-order valence-corrected chi connectivity index (χ4v) is 0.533. The maximum atomic E-state index is 10.9. The molecule has 0 N–H and O–H groups in total. The summed E-state index contributed by atoms with van der Waals surface area (Å²) in [7, 11) is 0. The monoisotopic (exact) mass is 160 g/mol. The molecule has 0 bridgehead atoms. The van der Waals surface area contributed by atoms with Crippen LogP contribution >= 0.6 is 0 Å². The molecule has 0 heterocycles. The highest BCUT2D eigenvalue weighted by molar-refractivity contribution is 5.41. The van der Waals surface area contributed by atoms with Gasteiger partial charge in [0.1, 0.15) is 0 Å². The third-order valence-electron chi connectivity index (χ3n) is 0.975. The molecule has 0 aliphatic heterocycles. The van der Waals surface area contributed by atoms with Gasteiger partial charge in [-0.05, 0) is 19.3 Å². The van der Waals surface area contributed by atoms with Crippen LogP contribution in [0, 0.1) is 23.8 Å². The third kappa shape index (κ3) is 1.55. The van der Waals surface area contributed by atoms with Crippen LogP contribution in [-0.2, 0) is 0 Å². The molecule has 0 radical (unpaired) electrons. The predicted octanol–water partition coefficient (Wildman–Crippen LogP) is 2.21. The summed E-state index contributed by atoms with van der Waals surface area (Å²) in [5.74, 6) is 0. The van der Waals surface area contributed by atoms with Crippen LogP contribution in [0.1, 0.15) is 23.5 Å². The van der Waals surface area contributed by atoms with E-state index in [-0.39, 0.29) is 0 Å². The number of rotatable bonds is 1. The van der Waals surface area contributed by atoms with Gasteiger partial charge in [-0.25, -0.2) is 0 Å². The van der Waals surface area contributed by atoms with E-state index in [4.69, 9.17) is 12.3 Å². The van der Waals surface area contributed by atoms with E-state index in [1.165, 1.54) is 0 Å². The second kappa shape index (κ2) is 2.70. The third-order valence-corrected chi connectivity index (χ3v) is 0.975. The number of nitrogens with zero attached hydrogens (tertiary/aromatic N) is 1. The Morgan fingerprint density at radius 1 is 1.64 bits per heavy atom. The zero-order valence-electron chi connectivity index (χ0n) is 14.3. The lowest BCUT2D eigenvalue weighted by atomic mass is 10.1. The van der Waals surface area contributed by atoms with Gasteiger partial charge in [0.25, 0.3) is 5.69 Å². The largest absolute Gasteiger partial charge is 0.272 e. The summed E-state index contributed by atoms with van der Waals surface area (Å²) < 4.78 is 65.6. The van der Waals surface area contributed by atoms with E-state index < -0.39 is 53.6 Å². The van der Waals surface area contributed by atoms with E-state index in [1.54, 1.807) is 0 Å². The van der Waals surface area contributed by atoms with E-state index in [9.17, 15) is 10.1 Å². The predicted molar refractivity (Wildman–Crippen MR) is 42.6 cm³/mol. The minimum absolute atomic E-state index is 0.998. The Kier molecular flexibility index (Phi) is 0.506. The molecule has 0 amide bonds. The molecule has 3 nitrogen and oxygen atoms in total. The zero-order valence-corrected chi connectivity index (χ0v) is 5.26. The molecule has 0 aliphatic rings. The van der Waals surface area contributed by atoms with Crippen LogP contribution < -0.4 is 0 Å². The Labute approximate surface area is 77.5 Å². The summed E-state index contributed by atoms with van der Waals surface area (Å²) in [6.07, 6.45) is 0. The standard InChI is InChI=1S/C8H9NO2/c1-6-3-4-7(2)8(5-6)9(10)11/h3-5H,1-2H3/i1D3,2D3,3D,4D,5D. The first-order chi connectivity index (χ1) is 8.80. The van der Waals surface area contributed by atoms with Gasteiger partial charge in [0, 0.05) is 19.8 Å². The van der Waals surface area contributed by atoms with E-state index in [1.807, 2.05) is 0 Å². The molecule has 1 aromatic rings. The highest BCUT2D eigenvalue weighted by Crippen LogP contribution is 2.18. The molecule has 0 atom stereocenters. The second-order valence-electron chi connectivity index (χ2n) is 1.73. The quantitative estimate of drug-likeness (QED) is 0.467. The summed E-state index contributed by atoms with van der Waals surface area (Å²) in [5, 5.41) is 10.9. The van der Waals surface area contributed by atoms with Crippen molar-refractivity contribution in [2.75, 3.05) is 0 Å². The van der Waals surface area contributed by atoms with Crippen molar-refractivity contribution in [3.05, 3.63) is 39.4 Å². The van der Waals surface area contributed by atoms with E-state index in [0.29, 0.717) is 0 Å². The first-order valence-corrected chi connectivity index (χ1v) is 2.59. The van der Waals surface area contributed by atoms with Crippen molar-refractivity contribution in [1.29, 1.82) is 0 Å². The second-order valence-corrected chi connectivity index (χ2v) is 1.73. The van der Waals surface area contributed by atoms with Crippen LogP contribution in [0.4, 0.5) is 5.69 Å². The molecule has 0 aromatic heterocycles. The summed E-state index contributed by atoms with van der Waals surface area (Å²) in [6, 6.07) is -3.24. The minimum Gasteiger partial charge on any atom is -0.258 e. The minimum atomic E-state index is -3.10. The molecule has 0 aliphatic carbocycles.